The van der Waals surface area contributed by atoms with Crippen LogP contribution in [0.15, 0.2) is 84.2 Å². The molecule has 8 amide bonds. The Morgan fingerprint density at radius 2 is 1.42 bits per heavy atom. The third-order valence-electron chi connectivity index (χ3n) is 15.1. The van der Waals surface area contributed by atoms with Crippen LogP contribution in [-0.4, -0.2) is 169 Å². The van der Waals surface area contributed by atoms with Crippen LogP contribution < -0.4 is 49.1 Å². The second-order valence-electron chi connectivity index (χ2n) is 22.7. The number of hydrogen-bond donors (Lipinski definition) is 13. The van der Waals surface area contributed by atoms with E-state index in [1.807, 2.05) is 38.1 Å². The summed E-state index contributed by atoms with van der Waals surface area (Å²) in [6, 6.07) is 8.48. The number of nitrogens with one attached hydrogen (secondary N) is 7. The van der Waals surface area contributed by atoms with Crippen molar-refractivity contribution in [3.8, 4) is 5.75 Å². The third kappa shape index (κ3) is 21.7. The Hall–Kier alpha value is -9.11. The Morgan fingerprint density at radius 1 is 0.739 bits per heavy atom. The number of hydrogen-bond acceptors (Lipinski definition) is 16. The van der Waals surface area contributed by atoms with Crippen LogP contribution in [0.2, 0.25) is 0 Å². The Morgan fingerprint density at radius 3 is 2.06 bits per heavy atom. The number of aromatic nitrogens is 2. The minimum atomic E-state index is -1.71. The molecule has 1 aliphatic heterocycles. The number of aliphatic hydroxyl groups excluding tert-OH is 2. The normalized spacial score (nSPS) is 16.8. The number of phenolic OH excluding ortho intramolecular Hbond substituents is 1. The number of amides is 8. The summed E-state index contributed by atoms with van der Waals surface area (Å²) in [5.74, 6) is -11.2. The van der Waals surface area contributed by atoms with Crippen molar-refractivity contribution in [1.29, 1.82) is 0 Å². The number of nitrogens with two attached hydrogens (primary N) is 3. The number of aromatic hydroxyl groups is 1. The first kappa shape index (κ1) is 69.7. The lowest BCUT2D eigenvalue weighted by Gasteiger charge is -2.30. The molecule has 4 aromatic rings. The molecule has 1 aliphatic rings. The van der Waals surface area contributed by atoms with Crippen LogP contribution in [0, 0.1) is 17.8 Å². The lowest BCUT2D eigenvalue weighted by atomic mass is 9.89. The van der Waals surface area contributed by atoms with Gasteiger partial charge in [-0.1, -0.05) is 50.2 Å². The summed E-state index contributed by atoms with van der Waals surface area (Å²) >= 11 is 0. The largest absolute Gasteiger partial charge is 0.508 e. The summed E-state index contributed by atoms with van der Waals surface area (Å²) in [5.41, 5.74) is 19.7. The molecule has 2 aromatic heterocycles. The van der Waals surface area contributed by atoms with Gasteiger partial charge in [0.25, 0.3) is 0 Å². The second kappa shape index (κ2) is 33.7. The van der Waals surface area contributed by atoms with E-state index in [-0.39, 0.29) is 69.1 Å². The van der Waals surface area contributed by atoms with Gasteiger partial charge in [-0.15, -0.1) is 0 Å². The predicted molar refractivity (Wildman–Crippen MR) is 323 cm³/mol. The van der Waals surface area contributed by atoms with E-state index in [9.17, 15) is 68.1 Å². The van der Waals surface area contributed by atoms with Gasteiger partial charge in [0.05, 0.1) is 42.7 Å². The fourth-order valence-corrected chi connectivity index (χ4v) is 10.5. The van der Waals surface area contributed by atoms with Gasteiger partial charge in [0.1, 0.15) is 23.9 Å². The molecule has 0 unspecified atom stereocenters. The second-order valence-corrected chi connectivity index (χ2v) is 22.7. The molecule has 2 aromatic carbocycles. The first-order valence-electron chi connectivity index (χ1n) is 29.2. The number of primary amides is 2. The maximum atomic E-state index is 14.3. The average molecular weight is 1220 g/mol. The smallest absolute Gasteiger partial charge is 0.246 e. The monoisotopic (exact) mass is 1220 g/mol. The van der Waals surface area contributed by atoms with Crippen LogP contribution >= 0.6 is 0 Å². The zero-order chi connectivity index (χ0) is 64.8. The summed E-state index contributed by atoms with van der Waals surface area (Å²) in [5, 5.41) is 48.3. The number of H-pyrrole nitrogens is 1. The van der Waals surface area contributed by atoms with Crippen molar-refractivity contribution in [3.05, 3.63) is 95.9 Å². The van der Waals surface area contributed by atoms with Crippen molar-refractivity contribution >= 4 is 81.5 Å². The van der Waals surface area contributed by atoms with Gasteiger partial charge >= 0.3 is 0 Å². The van der Waals surface area contributed by atoms with Gasteiger partial charge in [-0.3, -0.25) is 62.7 Å². The van der Waals surface area contributed by atoms with E-state index in [0.29, 0.717) is 24.1 Å². The molecular formula is C61H83N13O14. The Bertz CT molecular complexity index is 3130. The number of carbonyl (C=O) groups is 11. The quantitative estimate of drug-likeness (QED) is 0.0154. The number of rotatable bonds is 35. The number of ketones is 3. The number of aromatic amines is 1. The number of fused-ring (bicyclic) bond motifs is 1. The number of pyridine rings is 1. The van der Waals surface area contributed by atoms with Crippen molar-refractivity contribution < 1.29 is 68.1 Å². The molecule has 10 atom stereocenters. The van der Waals surface area contributed by atoms with Gasteiger partial charge in [-0.05, 0) is 73.1 Å². The van der Waals surface area contributed by atoms with Crippen LogP contribution in [0.3, 0.4) is 0 Å². The van der Waals surface area contributed by atoms with Crippen LogP contribution in [0.5, 0.6) is 5.75 Å². The Labute approximate surface area is 509 Å². The van der Waals surface area contributed by atoms with Crippen LogP contribution in [0.4, 0.5) is 0 Å². The molecule has 16 N–H and O–H groups in total. The highest BCUT2D eigenvalue weighted by atomic mass is 16.3. The molecule has 0 aliphatic carbocycles. The highest BCUT2D eigenvalue weighted by Crippen LogP contribution is 2.24. The number of phenols is 1. The average Bonchev–Trinajstić information content (AvgIpc) is 2.76. The van der Waals surface area contributed by atoms with E-state index in [1.54, 1.807) is 18.3 Å². The van der Waals surface area contributed by atoms with Gasteiger partial charge < -0.3 is 74.3 Å². The zero-order valence-corrected chi connectivity index (χ0v) is 50.2. The number of likely N-dealkylation sites (tertiary alicyclic amines) is 1. The van der Waals surface area contributed by atoms with Crippen molar-refractivity contribution in [2.24, 2.45) is 39.9 Å². The maximum absolute atomic E-state index is 14.3. The number of guanidine groups is 1. The van der Waals surface area contributed by atoms with Crippen molar-refractivity contribution in [1.82, 2.24) is 46.8 Å². The van der Waals surface area contributed by atoms with E-state index >= 15 is 0 Å². The minimum Gasteiger partial charge on any atom is -0.508 e. The molecule has 0 bridgehead atoms. The van der Waals surface area contributed by atoms with Gasteiger partial charge in [-0.25, -0.2) is 0 Å². The van der Waals surface area contributed by atoms with E-state index in [1.165, 1.54) is 57.6 Å². The number of nitrogens with zero attached hydrogens (tertiary/aromatic N) is 3. The first-order valence-corrected chi connectivity index (χ1v) is 29.2. The fourth-order valence-electron chi connectivity index (χ4n) is 10.5. The van der Waals surface area contributed by atoms with Gasteiger partial charge in [-0.2, -0.15) is 0 Å². The molecule has 0 saturated carbocycles. The summed E-state index contributed by atoms with van der Waals surface area (Å²) in [6.45, 7) is 6.01. The molecule has 0 radical (unpaired) electrons. The molecule has 3 heterocycles. The molecule has 27 nitrogen and oxygen atoms in total. The minimum absolute atomic E-state index is 0.0398. The first-order chi connectivity index (χ1) is 41.7. The number of Topliss-reactive ketones (excluding diaryl/α,β-unsaturated/α-hetero) is 3. The summed E-state index contributed by atoms with van der Waals surface area (Å²) in [4.78, 5) is 162. The zero-order valence-electron chi connectivity index (χ0n) is 50.2. The van der Waals surface area contributed by atoms with E-state index in [0.717, 1.165) is 21.4 Å². The third-order valence-corrected chi connectivity index (χ3v) is 15.1. The van der Waals surface area contributed by atoms with Gasteiger partial charge in [0.2, 0.25) is 47.3 Å². The van der Waals surface area contributed by atoms with Gasteiger partial charge in [0, 0.05) is 114 Å². The van der Waals surface area contributed by atoms with Crippen LogP contribution in [-0.2, 0) is 72.0 Å². The molecule has 88 heavy (non-hydrogen) atoms. The highest BCUT2D eigenvalue weighted by molar-refractivity contribution is 6.00. The van der Waals surface area contributed by atoms with E-state index in [4.69, 9.17) is 17.2 Å². The Kier molecular flexibility index (Phi) is 26.7. The lowest BCUT2D eigenvalue weighted by molar-refractivity contribution is -0.142. The summed E-state index contributed by atoms with van der Waals surface area (Å²) in [7, 11) is 1.50. The molecule has 0 spiro atoms. The van der Waals surface area contributed by atoms with Gasteiger partial charge in [0.15, 0.2) is 23.3 Å². The number of aliphatic imine (C=N–C) groups is 1. The number of carbonyl (C=O) groups excluding carboxylic acids is 11. The molecule has 1 fully saturated rings. The summed E-state index contributed by atoms with van der Waals surface area (Å²) in [6.07, 6.45) is -0.846. The van der Waals surface area contributed by atoms with Crippen LogP contribution in [0.25, 0.3) is 10.9 Å². The number of para-hydroxylation sites is 1. The van der Waals surface area contributed by atoms with Crippen molar-refractivity contribution in [3.63, 3.8) is 0 Å². The standard InChI is InChI=1S/C61H83N13O14/c1-33(2)22-45(52(80)26-38(11-9-21-67-61(64)65-5)57(85)73-48(56(63)84)25-39-31-68-44-13-7-6-12-42(39)44)70-55(83)19-18-51(79)46(24-37-10-8-20-66-30-37)71-58(86)43(34(3)75)28-53(81)47(29-54(62)82)72-59(87)50-27-41(78)32-74(50)60(88)49(69-35(4)76)23-36-14-16-40(77)17-15-36/h6-8,10,12-17,20,30-31,33-34,38,41,43,45-50,68,75,77-78H,9,11,18-19,21-29,32H2,1-5H3,(H2,62,82)(H2,63,84)(H,69,76)(H,70,83)(H,71,86)(H,72,87)(H,73,85)(H3,64,65,67)/t34-,38-,41-,43+,45+,46+,47+,48+,49-,50+/m1/s1. The fraction of sp³-hybridized carbons (Fsp3) is 0.492. The number of β-amino-alcohol motifs (C(OH)–C–C–N with tert-alkyl or cyclic N) is 1. The van der Waals surface area contributed by atoms with E-state index < -0.39 is 151 Å². The SMILES string of the molecule is CN=C(N)NCCC[C@H](CC(=O)[C@H](CC(C)C)NC(=O)CCC(=O)[C@H](Cc1cccnc1)NC(=O)[C@@H](CC(=O)[C@H](CC(N)=O)NC(=O)[C@@H]1C[C@@H](O)CN1C(=O)[C@@H](Cc1ccc(O)cc1)NC(C)=O)[C@@H](C)O)C(=O)N[C@@H](Cc1c[nH]c2ccccc12)C(N)=O. The molecule has 5 rings (SSSR count). The highest BCUT2D eigenvalue weighted by Gasteiger charge is 2.43. The van der Waals surface area contributed by atoms with E-state index in [2.05, 4.69) is 46.9 Å². The van der Waals surface area contributed by atoms with Crippen molar-refractivity contribution in [2.75, 3.05) is 20.1 Å². The lowest BCUT2D eigenvalue weighted by Crippen LogP contribution is -2.56. The number of benzene rings is 2. The predicted octanol–water partition coefficient (Wildman–Crippen LogP) is -0.696. The Balaban J connectivity index is 1.28. The topological polar surface area (TPSA) is 443 Å². The molecule has 27 heteroatoms. The summed E-state index contributed by atoms with van der Waals surface area (Å²) < 4.78 is 0. The maximum Gasteiger partial charge on any atom is 0.246 e. The molecular weight excluding hydrogens is 1140 g/mol. The van der Waals surface area contributed by atoms with Crippen LogP contribution in [0.1, 0.15) is 102 Å². The number of aliphatic hydroxyl groups is 2. The molecule has 476 valence electrons. The van der Waals surface area contributed by atoms with Crippen molar-refractivity contribution in [2.45, 2.75) is 153 Å². The molecule has 1 saturated heterocycles.